The van der Waals surface area contributed by atoms with Gasteiger partial charge in [0.2, 0.25) is 0 Å². The molecule has 2 heterocycles. The van der Waals surface area contributed by atoms with Crippen LogP contribution in [0.15, 0.2) is 12.4 Å². The van der Waals surface area contributed by atoms with Gasteiger partial charge in [0, 0.05) is 26.0 Å². The van der Waals surface area contributed by atoms with E-state index in [1.54, 1.807) is 0 Å². The SMILES string of the molecule is CC1CNCC1CN(C)Cc1nccn1C. The molecular weight excluding hydrogens is 200 g/mol. The summed E-state index contributed by atoms with van der Waals surface area (Å²) in [5, 5.41) is 3.45. The van der Waals surface area contributed by atoms with E-state index in [0.29, 0.717) is 0 Å². The van der Waals surface area contributed by atoms with Gasteiger partial charge in [0.25, 0.3) is 0 Å². The van der Waals surface area contributed by atoms with E-state index in [9.17, 15) is 0 Å². The molecule has 0 radical (unpaired) electrons. The molecule has 1 aromatic heterocycles. The molecule has 2 unspecified atom stereocenters. The Bertz CT molecular complexity index is 334. The van der Waals surface area contributed by atoms with E-state index in [1.165, 1.54) is 6.54 Å². The maximum atomic E-state index is 4.36. The number of nitrogens with zero attached hydrogens (tertiary/aromatic N) is 3. The molecule has 0 spiro atoms. The van der Waals surface area contributed by atoms with Crippen molar-refractivity contribution in [2.24, 2.45) is 18.9 Å². The Morgan fingerprint density at radius 1 is 1.56 bits per heavy atom. The number of nitrogens with one attached hydrogen (secondary N) is 1. The lowest BCUT2D eigenvalue weighted by atomic mass is 9.98. The molecule has 90 valence electrons. The van der Waals surface area contributed by atoms with Gasteiger partial charge in [-0.25, -0.2) is 4.98 Å². The van der Waals surface area contributed by atoms with Crippen LogP contribution >= 0.6 is 0 Å². The van der Waals surface area contributed by atoms with E-state index in [0.717, 1.165) is 37.3 Å². The fourth-order valence-corrected chi connectivity index (χ4v) is 2.36. The van der Waals surface area contributed by atoms with Crippen LogP contribution in [0.25, 0.3) is 0 Å². The summed E-state index contributed by atoms with van der Waals surface area (Å²) in [5.41, 5.74) is 0. The number of aromatic nitrogens is 2. The summed E-state index contributed by atoms with van der Waals surface area (Å²) in [5.74, 6) is 2.72. The Hall–Kier alpha value is -0.870. The fourth-order valence-electron chi connectivity index (χ4n) is 2.36. The predicted octanol–water partition coefficient (Wildman–Crippen LogP) is 0.707. The molecule has 0 amide bonds. The summed E-state index contributed by atoms with van der Waals surface area (Å²) in [6.07, 6.45) is 3.87. The summed E-state index contributed by atoms with van der Waals surface area (Å²) in [4.78, 5) is 6.73. The normalized spacial score (nSPS) is 25.5. The Morgan fingerprint density at radius 3 is 2.94 bits per heavy atom. The van der Waals surface area contributed by atoms with Crippen molar-refractivity contribution in [3.05, 3.63) is 18.2 Å². The highest BCUT2D eigenvalue weighted by Gasteiger charge is 2.24. The number of aryl methyl sites for hydroxylation is 1. The number of imidazole rings is 1. The lowest BCUT2D eigenvalue weighted by molar-refractivity contribution is 0.246. The molecule has 4 heteroatoms. The lowest BCUT2D eigenvalue weighted by Crippen LogP contribution is -2.29. The molecule has 0 bridgehead atoms. The van der Waals surface area contributed by atoms with Crippen molar-refractivity contribution in [3.63, 3.8) is 0 Å². The average molecular weight is 222 g/mol. The smallest absolute Gasteiger partial charge is 0.122 e. The van der Waals surface area contributed by atoms with Crippen molar-refractivity contribution in [1.29, 1.82) is 0 Å². The zero-order chi connectivity index (χ0) is 11.5. The van der Waals surface area contributed by atoms with Crippen molar-refractivity contribution in [3.8, 4) is 0 Å². The summed E-state index contributed by atoms with van der Waals surface area (Å²) < 4.78 is 2.09. The van der Waals surface area contributed by atoms with Crippen LogP contribution in [0.3, 0.4) is 0 Å². The van der Waals surface area contributed by atoms with E-state index >= 15 is 0 Å². The van der Waals surface area contributed by atoms with Gasteiger partial charge in [-0.2, -0.15) is 0 Å². The van der Waals surface area contributed by atoms with E-state index in [1.807, 2.05) is 12.4 Å². The largest absolute Gasteiger partial charge is 0.337 e. The van der Waals surface area contributed by atoms with Gasteiger partial charge in [0.1, 0.15) is 5.82 Å². The maximum absolute atomic E-state index is 4.36. The molecule has 1 aliphatic heterocycles. The van der Waals surface area contributed by atoms with Crippen LogP contribution in [0.2, 0.25) is 0 Å². The molecule has 4 nitrogen and oxygen atoms in total. The van der Waals surface area contributed by atoms with Crippen molar-refractivity contribution in [2.75, 3.05) is 26.7 Å². The van der Waals surface area contributed by atoms with Gasteiger partial charge in [-0.1, -0.05) is 6.92 Å². The van der Waals surface area contributed by atoms with Gasteiger partial charge in [-0.3, -0.25) is 4.90 Å². The second-order valence-corrected chi connectivity index (χ2v) is 5.05. The summed E-state index contributed by atoms with van der Waals surface area (Å²) in [6, 6.07) is 0. The second kappa shape index (κ2) is 4.97. The first-order chi connectivity index (χ1) is 7.66. The molecule has 1 N–H and O–H groups in total. The minimum absolute atomic E-state index is 0.783. The van der Waals surface area contributed by atoms with Crippen LogP contribution in [0.5, 0.6) is 0 Å². The molecule has 1 fully saturated rings. The third-order valence-electron chi connectivity index (χ3n) is 3.56. The molecule has 1 aromatic rings. The van der Waals surface area contributed by atoms with Gasteiger partial charge in [-0.15, -0.1) is 0 Å². The first-order valence-corrected chi connectivity index (χ1v) is 6.02. The molecule has 2 rings (SSSR count). The maximum Gasteiger partial charge on any atom is 0.122 e. The van der Waals surface area contributed by atoms with Gasteiger partial charge >= 0.3 is 0 Å². The third-order valence-corrected chi connectivity index (χ3v) is 3.56. The molecule has 2 atom stereocenters. The van der Waals surface area contributed by atoms with Crippen LogP contribution in [0.4, 0.5) is 0 Å². The predicted molar refractivity (Wildman–Crippen MR) is 65.1 cm³/mol. The van der Waals surface area contributed by atoms with Crippen LogP contribution in [-0.4, -0.2) is 41.1 Å². The second-order valence-electron chi connectivity index (χ2n) is 5.05. The minimum Gasteiger partial charge on any atom is -0.337 e. The Labute approximate surface area is 97.7 Å². The Morgan fingerprint density at radius 2 is 2.38 bits per heavy atom. The highest BCUT2D eigenvalue weighted by atomic mass is 15.2. The van der Waals surface area contributed by atoms with E-state index in [2.05, 4.69) is 40.8 Å². The summed E-state index contributed by atoms with van der Waals surface area (Å²) >= 11 is 0. The molecule has 1 saturated heterocycles. The van der Waals surface area contributed by atoms with Crippen LogP contribution in [0, 0.1) is 11.8 Å². The molecule has 1 aliphatic rings. The highest BCUT2D eigenvalue weighted by Crippen LogP contribution is 2.17. The van der Waals surface area contributed by atoms with Crippen molar-refractivity contribution in [1.82, 2.24) is 19.8 Å². The zero-order valence-corrected chi connectivity index (χ0v) is 10.5. The Kier molecular flexibility index (Phi) is 3.61. The summed E-state index contributed by atoms with van der Waals surface area (Å²) in [6.45, 7) is 6.75. The van der Waals surface area contributed by atoms with Gasteiger partial charge in [0.15, 0.2) is 0 Å². The van der Waals surface area contributed by atoms with Gasteiger partial charge in [0.05, 0.1) is 6.54 Å². The minimum atomic E-state index is 0.783. The molecule has 0 aromatic carbocycles. The van der Waals surface area contributed by atoms with E-state index in [-0.39, 0.29) is 0 Å². The van der Waals surface area contributed by atoms with E-state index < -0.39 is 0 Å². The average Bonchev–Trinajstić information content (AvgIpc) is 2.79. The standard InChI is InChI=1S/C12H22N4/c1-10-6-13-7-11(10)8-15(2)9-12-14-4-5-16(12)3/h4-5,10-11,13H,6-9H2,1-3H3. The van der Waals surface area contributed by atoms with Crippen molar-refractivity contribution < 1.29 is 0 Å². The number of hydrogen-bond donors (Lipinski definition) is 1. The lowest BCUT2D eigenvalue weighted by Gasteiger charge is -2.22. The molecular formula is C12H22N4. The first kappa shape index (κ1) is 11.6. The van der Waals surface area contributed by atoms with Crippen LogP contribution in [-0.2, 0) is 13.6 Å². The Balaban J connectivity index is 1.84. The first-order valence-electron chi connectivity index (χ1n) is 6.02. The van der Waals surface area contributed by atoms with Gasteiger partial charge < -0.3 is 9.88 Å². The van der Waals surface area contributed by atoms with Crippen LogP contribution in [0.1, 0.15) is 12.7 Å². The van der Waals surface area contributed by atoms with Crippen molar-refractivity contribution in [2.45, 2.75) is 13.5 Å². The summed E-state index contributed by atoms with van der Waals surface area (Å²) in [7, 11) is 4.23. The number of rotatable bonds is 4. The molecule has 0 aliphatic carbocycles. The van der Waals surface area contributed by atoms with Gasteiger partial charge in [-0.05, 0) is 32.0 Å². The highest BCUT2D eigenvalue weighted by molar-refractivity contribution is 4.91. The monoisotopic (exact) mass is 222 g/mol. The van der Waals surface area contributed by atoms with Crippen molar-refractivity contribution >= 4 is 0 Å². The fraction of sp³-hybridized carbons (Fsp3) is 0.750. The molecule has 0 saturated carbocycles. The zero-order valence-electron chi connectivity index (χ0n) is 10.5. The molecule has 16 heavy (non-hydrogen) atoms. The van der Waals surface area contributed by atoms with Crippen LogP contribution < -0.4 is 5.32 Å². The third kappa shape index (κ3) is 2.62. The quantitative estimate of drug-likeness (QED) is 0.814. The van der Waals surface area contributed by atoms with E-state index in [4.69, 9.17) is 0 Å². The topological polar surface area (TPSA) is 33.1 Å². The number of hydrogen-bond acceptors (Lipinski definition) is 3.